The van der Waals surface area contributed by atoms with Gasteiger partial charge in [-0.3, -0.25) is 0 Å². The summed E-state index contributed by atoms with van der Waals surface area (Å²) in [4.78, 5) is 0. The van der Waals surface area contributed by atoms with E-state index >= 15 is 0 Å². The highest BCUT2D eigenvalue weighted by molar-refractivity contribution is 6.33. The average Bonchev–Trinajstić information content (AvgIpc) is 2.23. The predicted molar refractivity (Wildman–Crippen MR) is 70.2 cm³/mol. The summed E-state index contributed by atoms with van der Waals surface area (Å²) in [5, 5.41) is 10.1. The lowest BCUT2D eigenvalue weighted by atomic mass is 10.0. The Morgan fingerprint density at radius 1 is 1.06 bits per heavy atom. The maximum absolute atomic E-state index is 9.65. The zero-order valence-electron chi connectivity index (χ0n) is 8.35. The highest BCUT2D eigenvalue weighted by atomic mass is 35.5. The molecule has 0 saturated heterocycles. The zero-order valence-corrected chi connectivity index (χ0v) is 9.92. The third-order valence-corrected chi connectivity index (χ3v) is 2.54. The number of nitrogens with two attached hydrogens (primary N) is 1. The molecule has 2 aromatic rings. The highest BCUT2D eigenvalue weighted by Crippen LogP contribution is 2.32. The normalized spacial score (nSPS) is 9.56. The van der Waals surface area contributed by atoms with Gasteiger partial charge in [0.2, 0.25) is 0 Å². The summed E-state index contributed by atoms with van der Waals surface area (Å²) >= 11 is 5.91. The number of phenols is 1. The largest absolute Gasteiger partial charge is 0.507 e. The maximum Gasteiger partial charge on any atom is 0.123 e. The summed E-state index contributed by atoms with van der Waals surface area (Å²) in [7, 11) is 0. The van der Waals surface area contributed by atoms with Crippen LogP contribution in [0.5, 0.6) is 5.75 Å². The lowest BCUT2D eigenvalue weighted by molar-refractivity contribution is 0.477. The van der Waals surface area contributed by atoms with Gasteiger partial charge in [0.25, 0.3) is 0 Å². The van der Waals surface area contributed by atoms with Crippen molar-refractivity contribution < 1.29 is 5.11 Å². The second kappa shape index (κ2) is 5.10. The standard InChI is InChI=1S/C12H10ClNO.ClH/c13-10-7-8(5-6-11(10)14)9-3-1-2-4-12(9)15;/h1-7,15H,14H2;1H. The molecule has 2 nitrogen and oxygen atoms in total. The Labute approximate surface area is 105 Å². The van der Waals surface area contributed by atoms with Gasteiger partial charge in [-0.25, -0.2) is 0 Å². The number of halogens is 2. The van der Waals surface area contributed by atoms with E-state index in [1.165, 1.54) is 0 Å². The van der Waals surface area contributed by atoms with E-state index in [2.05, 4.69) is 0 Å². The van der Waals surface area contributed by atoms with E-state index in [0.29, 0.717) is 10.7 Å². The molecule has 0 fully saturated rings. The Morgan fingerprint density at radius 3 is 2.38 bits per heavy atom. The van der Waals surface area contributed by atoms with E-state index in [-0.39, 0.29) is 18.2 Å². The fourth-order valence-corrected chi connectivity index (χ4v) is 1.59. The average molecular weight is 256 g/mol. The van der Waals surface area contributed by atoms with Crippen LogP contribution in [0.25, 0.3) is 11.1 Å². The molecule has 0 atom stereocenters. The number of rotatable bonds is 1. The summed E-state index contributed by atoms with van der Waals surface area (Å²) in [6.45, 7) is 0. The minimum absolute atomic E-state index is 0. The van der Waals surface area contributed by atoms with E-state index in [1.807, 2.05) is 18.2 Å². The molecule has 0 amide bonds. The molecular formula is C12H11Cl2NO. The fourth-order valence-electron chi connectivity index (χ4n) is 1.41. The van der Waals surface area contributed by atoms with Crippen LogP contribution in [0.3, 0.4) is 0 Å². The van der Waals surface area contributed by atoms with Gasteiger partial charge in [-0.05, 0) is 23.8 Å². The van der Waals surface area contributed by atoms with Crippen molar-refractivity contribution in [2.24, 2.45) is 0 Å². The van der Waals surface area contributed by atoms with Crippen LogP contribution >= 0.6 is 24.0 Å². The van der Waals surface area contributed by atoms with Crippen molar-refractivity contribution in [3.05, 3.63) is 47.5 Å². The quantitative estimate of drug-likeness (QED) is 0.764. The molecule has 0 spiro atoms. The Hall–Kier alpha value is -1.38. The first kappa shape index (κ1) is 12.7. The highest BCUT2D eigenvalue weighted by Gasteiger charge is 2.04. The smallest absolute Gasteiger partial charge is 0.123 e. The maximum atomic E-state index is 9.65. The van der Waals surface area contributed by atoms with Crippen LogP contribution in [0, 0.1) is 0 Å². The molecule has 0 aliphatic carbocycles. The summed E-state index contributed by atoms with van der Waals surface area (Å²) < 4.78 is 0. The molecule has 16 heavy (non-hydrogen) atoms. The van der Waals surface area contributed by atoms with Gasteiger partial charge in [-0.2, -0.15) is 0 Å². The number of anilines is 1. The van der Waals surface area contributed by atoms with Gasteiger partial charge < -0.3 is 10.8 Å². The van der Waals surface area contributed by atoms with Crippen LogP contribution in [-0.2, 0) is 0 Å². The predicted octanol–water partition coefficient (Wildman–Crippen LogP) is 3.72. The van der Waals surface area contributed by atoms with Crippen LogP contribution in [0.2, 0.25) is 5.02 Å². The van der Waals surface area contributed by atoms with Gasteiger partial charge in [0, 0.05) is 5.56 Å². The Kier molecular flexibility index (Phi) is 4.05. The van der Waals surface area contributed by atoms with Crippen molar-refractivity contribution in [3.63, 3.8) is 0 Å². The van der Waals surface area contributed by atoms with E-state index < -0.39 is 0 Å². The monoisotopic (exact) mass is 255 g/mol. The number of hydrogen-bond acceptors (Lipinski definition) is 2. The molecule has 0 radical (unpaired) electrons. The van der Waals surface area contributed by atoms with Crippen molar-refractivity contribution in [2.75, 3.05) is 5.73 Å². The van der Waals surface area contributed by atoms with Crippen LogP contribution in [-0.4, -0.2) is 5.11 Å². The number of para-hydroxylation sites is 1. The Bertz CT molecular complexity index is 500. The fraction of sp³-hybridized carbons (Fsp3) is 0. The molecule has 0 bridgehead atoms. The molecule has 3 N–H and O–H groups in total. The van der Waals surface area contributed by atoms with Gasteiger partial charge >= 0.3 is 0 Å². The minimum atomic E-state index is 0. The van der Waals surface area contributed by atoms with Crippen molar-refractivity contribution in [1.29, 1.82) is 0 Å². The van der Waals surface area contributed by atoms with Crippen molar-refractivity contribution in [1.82, 2.24) is 0 Å². The third kappa shape index (κ3) is 2.40. The summed E-state index contributed by atoms with van der Waals surface area (Å²) in [5.41, 5.74) is 7.75. The lowest BCUT2D eigenvalue weighted by Crippen LogP contribution is -1.86. The van der Waals surface area contributed by atoms with Gasteiger partial charge in [0.1, 0.15) is 5.75 Å². The number of hydrogen-bond donors (Lipinski definition) is 2. The molecule has 84 valence electrons. The number of benzene rings is 2. The van der Waals surface area contributed by atoms with Crippen molar-refractivity contribution in [2.45, 2.75) is 0 Å². The van der Waals surface area contributed by atoms with Gasteiger partial charge in [-0.15, -0.1) is 12.4 Å². The molecule has 0 aliphatic rings. The molecule has 0 aromatic heterocycles. The van der Waals surface area contributed by atoms with Crippen LogP contribution in [0.4, 0.5) is 5.69 Å². The zero-order chi connectivity index (χ0) is 10.8. The Morgan fingerprint density at radius 2 is 1.75 bits per heavy atom. The lowest BCUT2D eigenvalue weighted by Gasteiger charge is -2.05. The number of nitrogen functional groups attached to an aromatic ring is 1. The van der Waals surface area contributed by atoms with Crippen molar-refractivity contribution in [3.8, 4) is 16.9 Å². The van der Waals surface area contributed by atoms with Gasteiger partial charge in [-0.1, -0.05) is 35.9 Å². The number of phenolic OH excluding ortho intramolecular Hbond substituents is 1. The van der Waals surface area contributed by atoms with Crippen LogP contribution in [0.1, 0.15) is 0 Å². The first-order valence-corrected chi connectivity index (χ1v) is 4.89. The summed E-state index contributed by atoms with van der Waals surface area (Å²) in [5.74, 6) is 0.235. The third-order valence-electron chi connectivity index (χ3n) is 2.22. The van der Waals surface area contributed by atoms with Crippen molar-refractivity contribution >= 4 is 29.7 Å². The van der Waals surface area contributed by atoms with Crippen LogP contribution in [0.15, 0.2) is 42.5 Å². The second-order valence-electron chi connectivity index (χ2n) is 3.25. The Balaban J connectivity index is 0.00000128. The molecule has 2 rings (SSSR count). The van der Waals surface area contributed by atoms with E-state index in [9.17, 15) is 5.11 Å². The van der Waals surface area contributed by atoms with Gasteiger partial charge in [0.05, 0.1) is 10.7 Å². The number of aromatic hydroxyl groups is 1. The van der Waals surface area contributed by atoms with Crippen LogP contribution < -0.4 is 5.73 Å². The first-order valence-electron chi connectivity index (χ1n) is 4.52. The molecular weight excluding hydrogens is 245 g/mol. The molecule has 0 heterocycles. The summed E-state index contributed by atoms with van der Waals surface area (Å²) in [6, 6.07) is 12.4. The van der Waals surface area contributed by atoms with Gasteiger partial charge in [0.15, 0.2) is 0 Å². The summed E-state index contributed by atoms with van der Waals surface area (Å²) in [6.07, 6.45) is 0. The topological polar surface area (TPSA) is 46.2 Å². The first-order chi connectivity index (χ1) is 7.18. The van der Waals surface area contributed by atoms with E-state index in [4.69, 9.17) is 17.3 Å². The van der Waals surface area contributed by atoms with E-state index in [0.717, 1.165) is 11.1 Å². The molecule has 0 saturated carbocycles. The molecule has 0 aliphatic heterocycles. The minimum Gasteiger partial charge on any atom is -0.507 e. The molecule has 2 aromatic carbocycles. The SMILES string of the molecule is Cl.Nc1ccc(-c2ccccc2O)cc1Cl. The molecule has 0 unspecified atom stereocenters. The van der Waals surface area contributed by atoms with E-state index in [1.54, 1.807) is 24.3 Å². The second-order valence-corrected chi connectivity index (χ2v) is 3.66. The molecule has 4 heteroatoms.